The van der Waals surface area contributed by atoms with Crippen molar-refractivity contribution in [1.29, 1.82) is 0 Å². The van der Waals surface area contributed by atoms with Crippen LogP contribution >= 0.6 is 11.8 Å². The quantitative estimate of drug-likeness (QED) is 0.774. The molecule has 0 spiro atoms. The highest BCUT2D eigenvalue weighted by atomic mass is 32.2. The van der Waals surface area contributed by atoms with Crippen LogP contribution in [0.5, 0.6) is 5.75 Å². The lowest BCUT2D eigenvalue weighted by atomic mass is 9.78. The van der Waals surface area contributed by atoms with E-state index in [1.165, 1.54) is 24.6 Å². The SMILES string of the molecule is COc1ccc(-c2nnc(SCC(=O)N[C@@H]3CCC[C@@H](C)[C@@H]3C)o2)cc1. The third-order valence-electron chi connectivity index (χ3n) is 5.12. The molecule has 140 valence electrons. The lowest BCUT2D eigenvalue weighted by Crippen LogP contribution is -2.44. The number of amides is 1. The minimum atomic E-state index is 0.0187. The number of aromatic nitrogens is 2. The highest BCUT2D eigenvalue weighted by Gasteiger charge is 2.28. The standard InChI is InChI=1S/C19H25N3O3S/c1-12-5-4-6-16(13(12)2)20-17(23)11-26-19-22-21-18(25-19)14-7-9-15(24-3)10-8-14/h7-10,12-13,16H,4-6,11H2,1-3H3,(H,20,23)/t12-,13+,16-/m1/s1. The smallest absolute Gasteiger partial charge is 0.277 e. The van der Waals surface area contributed by atoms with E-state index < -0.39 is 0 Å². The molecule has 7 heteroatoms. The zero-order chi connectivity index (χ0) is 18.5. The van der Waals surface area contributed by atoms with Gasteiger partial charge in [-0.1, -0.05) is 38.5 Å². The van der Waals surface area contributed by atoms with Crippen LogP contribution < -0.4 is 10.1 Å². The molecule has 6 nitrogen and oxygen atoms in total. The van der Waals surface area contributed by atoms with Crippen LogP contribution in [0.15, 0.2) is 33.9 Å². The van der Waals surface area contributed by atoms with E-state index in [-0.39, 0.29) is 17.7 Å². The van der Waals surface area contributed by atoms with Crippen molar-refractivity contribution in [3.63, 3.8) is 0 Å². The molecule has 1 heterocycles. The van der Waals surface area contributed by atoms with E-state index >= 15 is 0 Å². The van der Waals surface area contributed by atoms with Gasteiger partial charge in [-0.25, -0.2) is 0 Å². The monoisotopic (exact) mass is 375 g/mol. The van der Waals surface area contributed by atoms with Gasteiger partial charge in [-0.15, -0.1) is 10.2 Å². The Morgan fingerprint density at radius 3 is 2.77 bits per heavy atom. The van der Waals surface area contributed by atoms with Crippen molar-refractivity contribution in [2.24, 2.45) is 11.8 Å². The summed E-state index contributed by atoms with van der Waals surface area (Å²) in [5.74, 6) is 2.68. The zero-order valence-corrected chi connectivity index (χ0v) is 16.2. The molecule has 1 saturated carbocycles. The Hall–Kier alpha value is -2.02. The number of nitrogens with one attached hydrogen (secondary N) is 1. The first-order valence-electron chi connectivity index (χ1n) is 8.97. The number of hydrogen-bond donors (Lipinski definition) is 1. The molecule has 1 amide bonds. The van der Waals surface area contributed by atoms with E-state index in [1.807, 2.05) is 24.3 Å². The van der Waals surface area contributed by atoms with E-state index in [0.29, 0.717) is 22.9 Å². The molecular formula is C19H25N3O3S. The average molecular weight is 375 g/mol. The summed E-state index contributed by atoms with van der Waals surface area (Å²) >= 11 is 1.27. The molecule has 3 rings (SSSR count). The van der Waals surface area contributed by atoms with Crippen molar-refractivity contribution in [2.45, 2.75) is 44.4 Å². The number of carbonyl (C=O) groups excluding carboxylic acids is 1. The van der Waals surface area contributed by atoms with Gasteiger partial charge < -0.3 is 14.5 Å². The number of benzene rings is 1. The van der Waals surface area contributed by atoms with Crippen LogP contribution in [-0.2, 0) is 4.79 Å². The third kappa shape index (κ3) is 4.58. The number of ether oxygens (including phenoxy) is 1. The summed E-state index contributed by atoms with van der Waals surface area (Å²) in [4.78, 5) is 12.2. The zero-order valence-electron chi connectivity index (χ0n) is 15.4. The maximum Gasteiger partial charge on any atom is 0.277 e. The van der Waals surface area contributed by atoms with Gasteiger partial charge in [0.2, 0.25) is 11.8 Å². The molecule has 2 aromatic rings. The number of hydrogen-bond acceptors (Lipinski definition) is 6. The fraction of sp³-hybridized carbons (Fsp3) is 0.526. The molecule has 1 aromatic heterocycles. The molecule has 1 fully saturated rings. The second kappa shape index (κ2) is 8.58. The minimum Gasteiger partial charge on any atom is -0.497 e. The maximum absolute atomic E-state index is 12.2. The summed E-state index contributed by atoms with van der Waals surface area (Å²) in [6.45, 7) is 4.48. The van der Waals surface area contributed by atoms with Crippen LogP contribution in [0.2, 0.25) is 0 Å². The first-order chi connectivity index (χ1) is 12.6. The number of nitrogens with zero attached hydrogens (tertiary/aromatic N) is 2. The number of carbonyl (C=O) groups is 1. The highest BCUT2D eigenvalue weighted by Crippen LogP contribution is 2.30. The van der Waals surface area contributed by atoms with Crippen molar-refractivity contribution in [1.82, 2.24) is 15.5 Å². The molecule has 1 aliphatic carbocycles. The molecule has 0 bridgehead atoms. The normalized spacial score (nSPS) is 22.8. The second-order valence-electron chi connectivity index (χ2n) is 6.83. The van der Waals surface area contributed by atoms with Gasteiger partial charge in [-0.3, -0.25) is 4.79 Å². The third-order valence-corrected chi connectivity index (χ3v) is 5.94. The fourth-order valence-corrected chi connectivity index (χ4v) is 3.85. The van der Waals surface area contributed by atoms with Crippen LogP contribution in [0.3, 0.4) is 0 Å². The molecule has 1 aliphatic rings. The van der Waals surface area contributed by atoms with Gasteiger partial charge >= 0.3 is 0 Å². The van der Waals surface area contributed by atoms with Gasteiger partial charge in [0, 0.05) is 11.6 Å². The molecule has 1 aromatic carbocycles. The van der Waals surface area contributed by atoms with E-state index in [0.717, 1.165) is 17.7 Å². The van der Waals surface area contributed by atoms with Crippen LogP contribution in [0, 0.1) is 11.8 Å². The van der Waals surface area contributed by atoms with Crippen molar-refractivity contribution >= 4 is 17.7 Å². The number of methoxy groups -OCH3 is 1. The molecule has 0 aliphatic heterocycles. The Morgan fingerprint density at radius 1 is 1.27 bits per heavy atom. The lowest BCUT2D eigenvalue weighted by Gasteiger charge is -2.34. The number of rotatable bonds is 6. The van der Waals surface area contributed by atoms with Gasteiger partial charge in [-0.2, -0.15) is 0 Å². The second-order valence-corrected chi connectivity index (χ2v) is 7.76. The van der Waals surface area contributed by atoms with Gasteiger partial charge in [0.1, 0.15) is 5.75 Å². The Balaban J connectivity index is 1.51. The van der Waals surface area contributed by atoms with Crippen LogP contribution in [-0.4, -0.2) is 35.0 Å². The Morgan fingerprint density at radius 2 is 2.04 bits per heavy atom. The summed E-state index contributed by atoms with van der Waals surface area (Å²) in [5.41, 5.74) is 0.819. The van der Waals surface area contributed by atoms with Gasteiger partial charge in [0.15, 0.2) is 0 Å². The molecule has 26 heavy (non-hydrogen) atoms. The van der Waals surface area contributed by atoms with Gasteiger partial charge in [0.25, 0.3) is 5.22 Å². The van der Waals surface area contributed by atoms with Crippen molar-refractivity contribution < 1.29 is 13.9 Å². The summed E-state index contributed by atoms with van der Waals surface area (Å²) in [7, 11) is 1.62. The van der Waals surface area contributed by atoms with Gasteiger partial charge in [0.05, 0.1) is 12.9 Å². The van der Waals surface area contributed by atoms with Crippen molar-refractivity contribution in [3.8, 4) is 17.2 Å². The van der Waals surface area contributed by atoms with Crippen molar-refractivity contribution in [3.05, 3.63) is 24.3 Å². The minimum absolute atomic E-state index is 0.0187. The number of thioether (sulfide) groups is 1. The van der Waals surface area contributed by atoms with E-state index in [2.05, 4.69) is 29.4 Å². The van der Waals surface area contributed by atoms with E-state index in [9.17, 15) is 4.79 Å². The summed E-state index contributed by atoms with van der Waals surface area (Å²) in [6, 6.07) is 7.67. The van der Waals surface area contributed by atoms with Crippen molar-refractivity contribution in [2.75, 3.05) is 12.9 Å². The van der Waals surface area contributed by atoms with Gasteiger partial charge in [-0.05, 0) is 42.5 Å². The molecule has 0 saturated heterocycles. The molecular weight excluding hydrogens is 350 g/mol. The highest BCUT2D eigenvalue weighted by molar-refractivity contribution is 7.99. The van der Waals surface area contributed by atoms with Crippen LogP contribution in [0.4, 0.5) is 0 Å². The molecule has 0 unspecified atom stereocenters. The Bertz CT molecular complexity index is 732. The topological polar surface area (TPSA) is 77.2 Å². The summed E-state index contributed by atoms with van der Waals surface area (Å²) in [6.07, 6.45) is 3.49. The fourth-order valence-electron chi connectivity index (χ4n) is 3.28. The maximum atomic E-state index is 12.2. The first-order valence-corrected chi connectivity index (χ1v) is 9.95. The van der Waals surface area contributed by atoms with E-state index in [1.54, 1.807) is 7.11 Å². The largest absolute Gasteiger partial charge is 0.497 e. The Labute approximate surface area is 158 Å². The average Bonchev–Trinajstić information content (AvgIpc) is 3.13. The lowest BCUT2D eigenvalue weighted by molar-refractivity contribution is -0.120. The first kappa shape index (κ1) is 18.8. The predicted molar refractivity (Wildman–Crippen MR) is 101 cm³/mol. The van der Waals surface area contributed by atoms with Crippen LogP contribution in [0.25, 0.3) is 11.5 Å². The molecule has 1 N–H and O–H groups in total. The summed E-state index contributed by atoms with van der Waals surface area (Å²) < 4.78 is 10.8. The van der Waals surface area contributed by atoms with E-state index in [4.69, 9.17) is 9.15 Å². The summed E-state index contributed by atoms with van der Waals surface area (Å²) in [5, 5.41) is 11.6. The van der Waals surface area contributed by atoms with Crippen LogP contribution in [0.1, 0.15) is 33.1 Å². The molecule has 3 atom stereocenters. The molecule has 0 radical (unpaired) electrons. The predicted octanol–water partition coefficient (Wildman–Crippen LogP) is 3.78. The Kier molecular flexibility index (Phi) is 6.19.